The third-order valence-corrected chi connectivity index (χ3v) is 6.48. The minimum absolute atomic E-state index is 0.0763. The molecule has 11 nitrogen and oxygen atoms in total. The lowest BCUT2D eigenvalue weighted by atomic mass is 10.0. The van der Waals surface area contributed by atoms with Crippen molar-refractivity contribution in [1.29, 1.82) is 0 Å². The maximum Gasteiger partial charge on any atom is 0.328 e. The number of rotatable bonds is 13. The van der Waals surface area contributed by atoms with Gasteiger partial charge in [0.25, 0.3) is 5.09 Å². The fourth-order valence-electron chi connectivity index (χ4n) is 3.68. The van der Waals surface area contributed by atoms with Gasteiger partial charge in [0.05, 0.1) is 13.2 Å². The summed E-state index contributed by atoms with van der Waals surface area (Å²) in [6, 6.07) is 7.38. The Kier molecular flexibility index (Phi) is 11.5. The minimum Gasteiger partial charge on any atom is -0.464 e. The molecule has 1 aliphatic heterocycles. The third-order valence-electron chi connectivity index (χ3n) is 5.41. The Hall–Kier alpha value is -3.15. The molecule has 1 N–H and O–H groups in total. The lowest BCUT2D eigenvalue weighted by Crippen LogP contribution is -2.52. The summed E-state index contributed by atoms with van der Waals surface area (Å²) in [5.74, 6) is -1.42. The van der Waals surface area contributed by atoms with Crippen LogP contribution in [0.1, 0.15) is 38.7 Å². The van der Waals surface area contributed by atoms with Gasteiger partial charge in [0.2, 0.25) is 11.8 Å². The van der Waals surface area contributed by atoms with E-state index < -0.39 is 35.0 Å². The summed E-state index contributed by atoms with van der Waals surface area (Å²) in [4.78, 5) is 66.0. The summed E-state index contributed by atoms with van der Waals surface area (Å²) in [7, 11) is 0. The zero-order valence-corrected chi connectivity index (χ0v) is 20.7. The summed E-state index contributed by atoms with van der Waals surface area (Å²) >= 11 is 1.07. The summed E-state index contributed by atoms with van der Waals surface area (Å²) in [6.07, 6.45) is 1.43. The number of benzene rings is 1. The molecule has 1 fully saturated rings. The molecule has 2 amide bonds. The van der Waals surface area contributed by atoms with Crippen molar-refractivity contribution in [2.75, 3.05) is 25.5 Å². The number of nitrogens with zero attached hydrogens (tertiary/aromatic N) is 2. The fraction of sp³-hybridized carbons (Fsp3) is 0.565. The standard InChI is InChI=1S/C23H31N3O8S/c1-16(15-35-17(2)27)22(29)25-11-6-10-20(25)21(28)24-19(14-18-8-4-3-5-9-18)23(30)33-12-7-13-34-26(31)32/h3-5,8-9,16,19-20H,6-7,10-15H2,1-2H3,(H,24,28)/t16-,19+,20+/m1/s1. The molecule has 0 unspecified atom stereocenters. The molecule has 1 aliphatic rings. The predicted molar refractivity (Wildman–Crippen MR) is 128 cm³/mol. The molecule has 0 radical (unpaired) electrons. The molecule has 1 saturated heterocycles. The van der Waals surface area contributed by atoms with Crippen LogP contribution in [0.4, 0.5) is 0 Å². The van der Waals surface area contributed by atoms with Crippen molar-refractivity contribution in [3.8, 4) is 0 Å². The van der Waals surface area contributed by atoms with Crippen LogP contribution in [0.5, 0.6) is 0 Å². The van der Waals surface area contributed by atoms with E-state index in [4.69, 9.17) is 4.74 Å². The second-order valence-corrected chi connectivity index (χ2v) is 9.42. The van der Waals surface area contributed by atoms with E-state index in [-0.39, 0.29) is 37.1 Å². The van der Waals surface area contributed by atoms with Crippen molar-refractivity contribution in [2.45, 2.75) is 51.6 Å². The molecule has 0 spiro atoms. The van der Waals surface area contributed by atoms with E-state index in [9.17, 15) is 29.3 Å². The topological polar surface area (TPSA) is 145 Å². The predicted octanol–water partition coefficient (Wildman–Crippen LogP) is 1.76. The maximum absolute atomic E-state index is 13.1. The van der Waals surface area contributed by atoms with Crippen LogP contribution < -0.4 is 5.32 Å². The second kappa shape index (κ2) is 14.3. The van der Waals surface area contributed by atoms with Gasteiger partial charge in [-0.1, -0.05) is 49.0 Å². The molecule has 3 atom stereocenters. The van der Waals surface area contributed by atoms with Gasteiger partial charge in [-0.05, 0) is 18.4 Å². The highest BCUT2D eigenvalue weighted by Crippen LogP contribution is 2.22. The molecule has 1 aromatic carbocycles. The van der Waals surface area contributed by atoms with E-state index in [2.05, 4.69) is 10.2 Å². The van der Waals surface area contributed by atoms with Gasteiger partial charge >= 0.3 is 5.97 Å². The molecule has 0 aliphatic carbocycles. The van der Waals surface area contributed by atoms with Gasteiger partial charge in [-0.3, -0.25) is 14.4 Å². The first-order valence-electron chi connectivity index (χ1n) is 11.4. The number of hydrogen-bond donors (Lipinski definition) is 1. The highest BCUT2D eigenvalue weighted by Gasteiger charge is 2.37. The van der Waals surface area contributed by atoms with E-state index >= 15 is 0 Å². The Morgan fingerprint density at radius 3 is 2.60 bits per heavy atom. The van der Waals surface area contributed by atoms with Crippen molar-refractivity contribution in [1.82, 2.24) is 10.2 Å². The molecule has 0 aromatic heterocycles. The molecule has 1 heterocycles. The van der Waals surface area contributed by atoms with E-state index in [1.807, 2.05) is 30.3 Å². The van der Waals surface area contributed by atoms with Crippen LogP contribution in [0.25, 0.3) is 0 Å². The van der Waals surface area contributed by atoms with Gasteiger partial charge in [0, 0.05) is 38.0 Å². The molecular formula is C23H31N3O8S. The first-order valence-corrected chi connectivity index (χ1v) is 12.4. The summed E-state index contributed by atoms with van der Waals surface area (Å²) in [6.45, 7) is 3.28. The van der Waals surface area contributed by atoms with Gasteiger partial charge < -0.3 is 19.8 Å². The van der Waals surface area contributed by atoms with Gasteiger partial charge in [0.1, 0.15) is 12.1 Å². The summed E-state index contributed by atoms with van der Waals surface area (Å²) in [5.41, 5.74) is 0.806. The Balaban J connectivity index is 2.03. The van der Waals surface area contributed by atoms with Crippen molar-refractivity contribution in [2.24, 2.45) is 5.92 Å². The fourth-order valence-corrected chi connectivity index (χ4v) is 4.31. The van der Waals surface area contributed by atoms with Gasteiger partial charge in [-0.15, -0.1) is 10.1 Å². The van der Waals surface area contributed by atoms with Crippen LogP contribution in [0.15, 0.2) is 30.3 Å². The monoisotopic (exact) mass is 509 g/mol. The number of thioether (sulfide) groups is 1. The number of hydrogen-bond acceptors (Lipinski definition) is 9. The third kappa shape index (κ3) is 9.55. The van der Waals surface area contributed by atoms with Crippen LogP contribution in [0.2, 0.25) is 0 Å². The first kappa shape index (κ1) is 28.1. The van der Waals surface area contributed by atoms with Gasteiger partial charge in [-0.25, -0.2) is 4.79 Å². The molecular weight excluding hydrogens is 478 g/mol. The molecule has 1 aromatic rings. The normalized spacial score (nSPS) is 16.7. The molecule has 35 heavy (non-hydrogen) atoms. The SMILES string of the molecule is CC(=O)SC[C@@H](C)C(=O)N1CCC[C@H]1C(=O)N[C@@H](Cc1ccccc1)C(=O)OCCCO[N+](=O)[O-]. The maximum atomic E-state index is 13.1. The highest BCUT2D eigenvalue weighted by molar-refractivity contribution is 8.13. The van der Waals surface area contributed by atoms with Crippen LogP contribution >= 0.6 is 11.8 Å². The number of carbonyl (C=O) groups is 4. The van der Waals surface area contributed by atoms with Crippen molar-refractivity contribution < 1.29 is 33.8 Å². The number of esters is 1. The van der Waals surface area contributed by atoms with E-state index in [1.54, 1.807) is 6.92 Å². The minimum atomic E-state index is -0.996. The zero-order chi connectivity index (χ0) is 25.8. The number of ether oxygens (including phenoxy) is 1. The van der Waals surface area contributed by atoms with E-state index in [0.717, 1.165) is 17.3 Å². The van der Waals surface area contributed by atoms with Crippen LogP contribution in [-0.2, 0) is 35.2 Å². The second-order valence-electron chi connectivity index (χ2n) is 8.22. The lowest BCUT2D eigenvalue weighted by Gasteiger charge is -2.28. The lowest BCUT2D eigenvalue weighted by molar-refractivity contribution is -0.757. The number of nitrogens with one attached hydrogen (secondary N) is 1. The highest BCUT2D eigenvalue weighted by atomic mass is 32.2. The number of amides is 2. The molecule has 0 bridgehead atoms. The first-order chi connectivity index (χ1) is 16.7. The number of carbonyl (C=O) groups excluding carboxylic acids is 4. The largest absolute Gasteiger partial charge is 0.464 e. The van der Waals surface area contributed by atoms with E-state index in [0.29, 0.717) is 25.1 Å². The van der Waals surface area contributed by atoms with Gasteiger partial charge in [0.15, 0.2) is 5.12 Å². The van der Waals surface area contributed by atoms with Crippen LogP contribution in [-0.4, -0.2) is 70.5 Å². The van der Waals surface area contributed by atoms with Crippen molar-refractivity contribution in [3.05, 3.63) is 46.0 Å². The molecule has 0 saturated carbocycles. The zero-order valence-electron chi connectivity index (χ0n) is 19.8. The Labute approximate surface area is 208 Å². The van der Waals surface area contributed by atoms with Crippen molar-refractivity contribution >= 4 is 34.7 Å². The van der Waals surface area contributed by atoms with E-state index in [1.165, 1.54) is 11.8 Å². The number of likely N-dealkylation sites (tertiary alicyclic amines) is 1. The quantitative estimate of drug-likeness (QED) is 0.182. The Morgan fingerprint density at radius 2 is 1.94 bits per heavy atom. The van der Waals surface area contributed by atoms with Gasteiger partial charge in [-0.2, -0.15) is 0 Å². The molecule has 192 valence electrons. The average Bonchev–Trinajstić information content (AvgIpc) is 3.31. The van der Waals surface area contributed by atoms with Crippen LogP contribution in [0.3, 0.4) is 0 Å². The molecule has 2 rings (SSSR count). The smallest absolute Gasteiger partial charge is 0.328 e. The average molecular weight is 510 g/mol. The summed E-state index contributed by atoms with van der Waals surface area (Å²) < 4.78 is 5.22. The Bertz CT molecular complexity index is 898. The summed E-state index contributed by atoms with van der Waals surface area (Å²) in [5, 5.41) is 12.0. The van der Waals surface area contributed by atoms with Crippen molar-refractivity contribution in [3.63, 3.8) is 0 Å². The molecule has 12 heteroatoms. The Morgan fingerprint density at radius 1 is 1.23 bits per heavy atom. The van der Waals surface area contributed by atoms with Crippen LogP contribution in [0, 0.1) is 16.0 Å².